The van der Waals surface area contributed by atoms with Gasteiger partial charge in [0.15, 0.2) is 0 Å². The Morgan fingerprint density at radius 3 is 2.71 bits per heavy atom. The van der Waals surface area contributed by atoms with Crippen LogP contribution in [-0.2, 0) is 12.0 Å². The van der Waals surface area contributed by atoms with Crippen LogP contribution in [-0.4, -0.2) is 48.3 Å². The molecule has 3 atom stereocenters. The summed E-state index contributed by atoms with van der Waals surface area (Å²) in [4.78, 5) is 6.13. The van der Waals surface area contributed by atoms with Gasteiger partial charge in [-0.15, -0.1) is 0 Å². The third-order valence-corrected chi connectivity index (χ3v) is 7.89. The molecule has 188 valence electrons. The minimum absolute atomic E-state index is 0.187. The van der Waals surface area contributed by atoms with Crippen molar-refractivity contribution in [2.75, 3.05) is 26.3 Å². The molecule has 0 aliphatic carbocycles. The van der Waals surface area contributed by atoms with Gasteiger partial charge in [-0.2, -0.15) is 0 Å². The van der Waals surface area contributed by atoms with E-state index < -0.39 is 0 Å². The van der Waals surface area contributed by atoms with Crippen molar-refractivity contribution in [3.63, 3.8) is 0 Å². The van der Waals surface area contributed by atoms with E-state index in [1.807, 2.05) is 0 Å². The quantitative estimate of drug-likeness (QED) is 0.335. The highest BCUT2D eigenvalue weighted by atomic mass is 19.1. The van der Waals surface area contributed by atoms with E-state index in [9.17, 15) is 4.39 Å². The van der Waals surface area contributed by atoms with Gasteiger partial charge in [-0.1, -0.05) is 56.5 Å². The van der Waals surface area contributed by atoms with E-state index in [1.165, 1.54) is 47.0 Å². The molecule has 2 aromatic carbocycles. The van der Waals surface area contributed by atoms with E-state index in [-0.39, 0.29) is 18.3 Å². The van der Waals surface area contributed by atoms with Gasteiger partial charge < -0.3 is 9.72 Å². The van der Waals surface area contributed by atoms with Gasteiger partial charge in [-0.25, -0.2) is 0 Å². The van der Waals surface area contributed by atoms with Crippen molar-refractivity contribution in [2.24, 2.45) is 0 Å². The molecule has 3 aromatic rings. The molecule has 5 rings (SSSR count). The summed E-state index contributed by atoms with van der Waals surface area (Å²) in [5, 5.41) is 5.39. The second-order valence-corrected chi connectivity index (χ2v) is 10.5. The number of alkyl halides is 1. The topological polar surface area (TPSA) is 40.3 Å². The number of likely N-dealkylation sites (tertiary alicyclic amines) is 1. The van der Waals surface area contributed by atoms with Crippen molar-refractivity contribution in [3.05, 3.63) is 65.4 Å². The van der Waals surface area contributed by atoms with E-state index in [1.54, 1.807) is 0 Å². The fourth-order valence-corrected chi connectivity index (χ4v) is 6.23. The zero-order chi connectivity index (χ0) is 24.3. The molecule has 0 radical (unpaired) electrons. The highest BCUT2D eigenvalue weighted by Gasteiger charge is 2.42. The average molecular weight is 478 g/mol. The molecule has 2 N–H and O–H groups in total. The number of para-hydroxylation sites is 1. The number of aromatic amines is 1. The number of nitrogens with zero attached hydrogens (tertiary/aromatic N) is 1. The Kier molecular flexibility index (Phi) is 7.45. The first-order chi connectivity index (χ1) is 17.1. The summed E-state index contributed by atoms with van der Waals surface area (Å²) >= 11 is 0. The summed E-state index contributed by atoms with van der Waals surface area (Å²) in [5.41, 5.74) is 5.10. The van der Waals surface area contributed by atoms with Gasteiger partial charge in [0, 0.05) is 42.3 Å². The van der Waals surface area contributed by atoms with Crippen molar-refractivity contribution in [1.82, 2.24) is 15.2 Å². The summed E-state index contributed by atoms with van der Waals surface area (Å²) in [6.07, 6.45) is 7.53. The van der Waals surface area contributed by atoms with E-state index >= 15 is 0 Å². The van der Waals surface area contributed by atoms with Gasteiger partial charge in [0.25, 0.3) is 0 Å². The summed E-state index contributed by atoms with van der Waals surface area (Å²) in [5.74, 6) is 0.926. The number of aromatic nitrogens is 1. The van der Waals surface area contributed by atoms with Crippen LogP contribution < -0.4 is 10.1 Å². The predicted octanol–water partition coefficient (Wildman–Crippen LogP) is 6.34. The SMILES string of the molecule is CCCCCC1(c2ccc(O[C@H]3CCN(CCCF)C3)cc2)NC(C)Cc2c1[nH]c1ccccc21. The normalized spacial score (nSPS) is 24.7. The molecule has 1 aromatic heterocycles. The van der Waals surface area contributed by atoms with E-state index in [2.05, 4.69) is 77.6 Å². The number of H-pyrrole nitrogens is 1. The number of nitrogens with one attached hydrogen (secondary N) is 2. The third kappa shape index (κ3) is 4.99. The lowest BCUT2D eigenvalue weighted by Crippen LogP contribution is -2.52. The molecule has 0 saturated carbocycles. The third-order valence-electron chi connectivity index (χ3n) is 7.89. The highest BCUT2D eigenvalue weighted by Crippen LogP contribution is 2.43. The molecular formula is C30H40FN3O. The summed E-state index contributed by atoms with van der Waals surface area (Å²) in [6, 6.07) is 17.9. The Morgan fingerprint density at radius 2 is 1.91 bits per heavy atom. The second-order valence-electron chi connectivity index (χ2n) is 10.5. The van der Waals surface area contributed by atoms with Crippen LogP contribution in [0.2, 0.25) is 0 Å². The molecular weight excluding hydrogens is 437 g/mol. The van der Waals surface area contributed by atoms with Crippen LogP contribution in [0.1, 0.15) is 69.2 Å². The Balaban J connectivity index is 1.42. The minimum atomic E-state index is -0.242. The average Bonchev–Trinajstić information content (AvgIpc) is 3.48. The lowest BCUT2D eigenvalue weighted by molar-refractivity contribution is 0.198. The fraction of sp³-hybridized carbons (Fsp3) is 0.533. The first-order valence-corrected chi connectivity index (χ1v) is 13.6. The summed E-state index contributed by atoms with van der Waals surface area (Å²) < 4.78 is 18.9. The van der Waals surface area contributed by atoms with Crippen molar-refractivity contribution >= 4 is 10.9 Å². The van der Waals surface area contributed by atoms with E-state index in [4.69, 9.17) is 4.74 Å². The Labute approximate surface area is 209 Å². The number of hydrogen-bond acceptors (Lipinski definition) is 3. The number of rotatable bonds is 10. The Morgan fingerprint density at radius 1 is 1.09 bits per heavy atom. The highest BCUT2D eigenvalue weighted by molar-refractivity contribution is 5.85. The van der Waals surface area contributed by atoms with E-state index in [0.29, 0.717) is 12.5 Å². The monoisotopic (exact) mass is 477 g/mol. The zero-order valence-electron chi connectivity index (χ0n) is 21.3. The van der Waals surface area contributed by atoms with Gasteiger partial charge in [0.2, 0.25) is 0 Å². The molecule has 2 aliphatic rings. The molecule has 4 nitrogen and oxygen atoms in total. The molecule has 1 fully saturated rings. The maximum absolute atomic E-state index is 12.5. The lowest BCUT2D eigenvalue weighted by atomic mass is 9.76. The summed E-state index contributed by atoms with van der Waals surface area (Å²) in [7, 11) is 0. The van der Waals surface area contributed by atoms with Crippen LogP contribution in [0.4, 0.5) is 4.39 Å². The van der Waals surface area contributed by atoms with Gasteiger partial charge >= 0.3 is 0 Å². The van der Waals surface area contributed by atoms with Crippen LogP contribution in [0.25, 0.3) is 10.9 Å². The first kappa shape index (κ1) is 24.3. The largest absolute Gasteiger partial charge is 0.489 e. The minimum Gasteiger partial charge on any atom is -0.489 e. The standard InChI is InChI=1S/C30H40FN3O/c1-3-4-7-16-30(29-27(20-22(2)33-30)26-9-5-6-10-28(26)32-29)23-11-13-24(14-12-23)35-25-15-19-34(21-25)18-8-17-31/h5-6,9-14,22,25,32-33H,3-4,7-8,15-21H2,1-2H3/t22?,25-,30?/m0/s1. The molecule has 0 spiro atoms. The van der Waals surface area contributed by atoms with Crippen molar-refractivity contribution < 1.29 is 9.13 Å². The molecule has 5 heteroatoms. The number of hydrogen-bond donors (Lipinski definition) is 2. The van der Waals surface area contributed by atoms with Crippen molar-refractivity contribution in [2.45, 2.75) is 76.5 Å². The van der Waals surface area contributed by atoms with Gasteiger partial charge in [-0.3, -0.25) is 14.6 Å². The van der Waals surface area contributed by atoms with Crippen molar-refractivity contribution in [3.8, 4) is 5.75 Å². The number of benzene rings is 2. The van der Waals surface area contributed by atoms with Gasteiger partial charge in [0.1, 0.15) is 11.9 Å². The lowest BCUT2D eigenvalue weighted by Gasteiger charge is -2.42. The van der Waals surface area contributed by atoms with Crippen molar-refractivity contribution in [1.29, 1.82) is 0 Å². The molecule has 35 heavy (non-hydrogen) atoms. The molecule has 1 saturated heterocycles. The van der Waals surface area contributed by atoms with Gasteiger partial charge in [0.05, 0.1) is 12.2 Å². The molecule has 2 aliphatic heterocycles. The number of fused-ring (bicyclic) bond motifs is 3. The zero-order valence-corrected chi connectivity index (χ0v) is 21.3. The predicted molar refractivity (Wildman–Crippen MR) is 142 cm³/mol. The second kappa shape index (κ2) is 10.7. The Bertz CT molecular complexity index is 1110. The fourth-order valence-electron chi connectivity index (χ4n) is 6.23. The van der Waals surface area contributed by atoms with Crippen LogP contribution in [0.5, 0.6) is 5.75 Å². The molecule has 0 bridgehead atoms. The maximum Gasteiger partial charge on any atom is 0.119 e. The number of halogens is 1. The van der Waals surface area contributed by atoms with Crippen LogP contribution in [0.15, 0.2) is 48.5 Å². The van der Waals surface area contributed by atoms with Crippen LogP contribution in [0.3, 0.4) is 0 Å². The molecule has 3 heterocycles. The number of ether oxygens (including phenoxy) is 1. The Hall–Kier alpha value is -2.37. The smallest absolute Gasteiger partial charge is 0.119 e. The molecule has 2 unspecified atom stereocenters. The number of unbranched alkanes of at least 4 members (excludes halogenated alkanes) is 2. The summed E-state index contributed by atoms with van der Waals surface area (Å²) in [6.45, 7) is 7.05. The van der Waals surface area contributed by atoms with Gasteiger partial charge in [-0.05, 0) is 61.9 Å². The maximum atomic E-state index is 12.5. The first-order valence-electron chi connectivity index (χ1n) is 13.6. The van der Waals surface area contributed by atoms with Crippen LogP contribution >= 0.6 is 0 Å². The van der Waals surface area contributed by atoms with E-state index in [0.717, 1.165) is 44.6 Å². The molecule has 0 amide bonds. The van der Waals surface area contributed by atoms with Crippen LogP contribution in [0, 0.1) is 0 Å².